The molecule has 0 spiro atoms. The van der Waals surface area contributed by atoms with Gasteiger partial charge in [0, 0.05) is 24.2 Å². The lowest BCUT2D eigenvalue weighted by Crippen LogP contribution is -2.54. The third kappa shape index (κ3) is 3.29. The Hall–Kier alpha value is -1.18. The normalized spacial score (nSPS) is 29.0. The summed E-state index contributed by atoms with van der Waals surface area (Å²) in [6, 6.07) is 7.96. The van der Waals surface area contributed by atoms with Crippen molar-refractivity contribution in [2.75, 3.05) is 20.2 Å². The van der Waals surface area contributed by atoms with Gasteiger partial charge in [0.05, 0.1) is 18.7 Å². The fourth-order valence-electron chi connectivity index (χ4n) is 4.44. The molecule has 4 heterocycles. The highest BCUT2D eigenvalue weighted by molar-refractivity contribution is 14.0. The Labute approximate surface area is 165 Å². The van der Waals surface area contributed by atoms with Gasteiger partial charge in [-0.15, -0.1) is 30.6 Å². The molecule has 3 saturated heterocycles. The number of benzene rings is 1. The first-order valence-corrected chi connectivity index (χ1v) is 8.68. The summed E-state index contributed by atoms with van der Waals surface area (Å²) >= 11 is 0. The van der Waals surface area contributed by atoms with Gasteiger partial charge in [-0.3, -0.25) is 9.88 Å². The minimum absolute atomic E-state index is 0. The van der Waals surface area contributed by atoms with E-state index in [0.717, 1.165) is 41.7 Å². The molecule has 0 radical (unpaired) electrons. The summed E-state index contributed by atoms with van der Waals surface area (Å²) in [5.74, 6) is 2.01. The second-order valence-corrected chi connectivity index (χ2v) is 6.97. The molecule has 5 heteroatoms. The van der Waals surface area contributed by atoms with Crippen molar-refractivity contribution in [3.8, 4) is 5.75 Å². The van der Waals surface area contributed by atoms with Crippen LogP contribution in [0, 0.1) is 11.8 Å². The van der Waals surface area contributed by atoms with Gasteiger partial charge in [-0.05, 0) is 61.1 Å². The van der Waals surface area contributed by atoms with Crippen LogP contribution in [0.4, 0.5) is 0 Å². The van der Waals surface area contributed by atoms with Crippen LogP contribution < -0.4 is 4.74 Å². The first-order valence-electron chi connectivity index (χ1n) is 8.68. The monoisotopic (exact) mass is 452 g/mol. The van der Waals surface area contributed by atoms with Crippen LogP contribution in [0.15, 0.2) is 43.1 Å². The van der Waals surface area contributed by atoms with Gasteiger partial charge < -0.3 is 9.84 Å². The number of hydrogen-bond acceptors (Lipinski definition) is 4. The van der Waals surface area contributed by atoms with E-state index in [4.69, 9.17) is 4.74 Å². The predicted octanol–water partition coefficient (Wildman–Crippen LogP) is 3.79. The van der Waals surface area contributed by atoms with E-state index in [1.807, 2.05) is 24.3 Å². The number of halogens is 1. The molecule has 5 atom stereocenters. The van der Waals surface area contributed by atoms with Crippen molar-refractivity contribution >= 4 is 34.9 Å². The van der Waals surface area contributed by atoms with Gasteiger partial charge in [0.1, 0.15) is 5.75 Å². The molecule has 3 fully saturated rings. The number of piperidine rings is 3. The van der Waals surface area contributed by atoms with E-state index in [0.29, 0.717) is 11.8 Å². The Bertz CT molecular complexity index is 766. The highest BCUT2D eigenvalue weighted by Gasteiger charge is 2.42. The molecule has 2 aromatic rings. The smallest absolute Gasteiger partial charge is 0.119 e. The molecule has 4 nitrogen and oxygen atoms in total. The lowest BCUT2D eigenvalue weighted by atomic mass is 9.73. The zero-order valence-electron chi connectivity index (χ0n) is 14.5. The number of rotatable bonds is 4. The quantitative estimate of drug-likeness (QED) is 0.567. The molecule has 5 rings (SSSR count). The maximum Gasteiger partial charge on any atom is 0.119 e. The van der Waals surface area contributed by atoms with E-state index in [1.165, 1.54) is 6.42 Å². The highest BCUT2D eigenvalue weighted by Crippen LogP contribution is 2.42. The maximum absolute atomic E-state index is 11.2. The summed E-state index contributed by atoms with van der Waals surface area (Å²) in [6.07, 6.45) is 5.62. The molecule has 0 amide bonds. The number of aromatic nitrogens is 1. The third-order valence-corrected chi connectivity index (χ3v) is 5.82. The number of aliphatic hydroxyl groups excluding tert-OH is 1. The first kappa shape index (κ1) is 18.6. The fraction of sp³-hybridized carbons (Fsp3) is 0.450. The van der Waals surface area contributed by atoms with Crippen LogP contribution in [0.25, 0.3) is 10.9 Å². The average molecular weight is 452 g/mol. The van der Waals surface area contributed by atoms with Gasteiger partial charge in [0.25, 0.3) is 0 Å². The fourth-order valence-corrected chi connectivity index (χ4v) is 4.44. The molecule has 134 valence electrons. The average Bonchev–Trinajstić information content (AvgIpc) is 2.66. The van der Waals surface area contributed by atoms with Crippen LogP contribution >= 0.6 is 24.0 Å². The molecular formula is C20H25IN2O2. The summed E-state index contributed by atoms with van der Waals surface area (Å²) in [7, 11) is 1.66. The Morgan fingerprint density at radius 2 is 2.24 bits per heavy atom. The van der Waals surface area contributed by atoms with Crippen LogP contribution in [-0.2, 0) is 0 Å². The van der Waals surface area contributed by atoms with Crippen LogP contribution in [0.5, 0.6) is 5.75 Å². The van der Waals surface area contributed by atoms with Crippen molar-refractivity contribution in [3.05, 3.63) is 48.7 Å². The Kier molecular flexibility index (Phi) is 5.65. The molecule has 1 N–H and O–H groups in total. The second-order valence-electron chi connectivity index (χ2n) is 6.97. The van der Waals surface area contributed by atoms with E-state index >= 15 is 0 Å². The zero-order valence-corrected chi connectivity index (χ0v) is 16.8. The number of pyridine rings is 1. The van der Waals surface area contributed by atoms with E-state index < -0.39 is 6.10 Å². The van der Waals surface area contributed by atoms with E-state index in [-0.39, 0.29) is 30.0 Å². The van der Waals surface area contributed by atoms with Crippen LogP contribution in [0.2, 0.25) is 0 Å². The van der Waals surface area contributed by atoms with E-state index in [9.17, 15) is 5.11 Å². The summed E-state index contributed by atoms with van der Waals surface area (Å²) in [5, 5.41) is 12.1. The molecule has 1 unspecified atom stereocenters. The summed E-state index contributed by atoms with van der Waals surface area (Å²) < 4.78 is 5.35. The van der Waals surface area contributed by atoms with Crippen molar-refractivity contribution in [1.29, 1.82) is 0 Å². The van der Waals surface area contributed by atoms with Gasteiger partial charge in [-0.25, -0.2) is 0 Å². The summed E-state index contributed by atoms with van der Waals surface area (Å²) in [6.45, 7) is 6.07. The van der Waals surface area contributed by atoms with E-state index in [2.05, 4.69) is 22.5 Å². The van der Waals surface area contributed by atoms with Crippen molar-refractivity contribution < 1.29 is 9.84 Å². The second kappa shape index (κ2) is 7.60. The van der Waals surface area contributed by atoms with Gasteiger partial charge in [-0.2, -0.15) is 0 Å². The number of methoxy groups -OCH3 is 1. The van der Waals surface area contributed by atoms with Crippen LogP contribution in [0.1, 0.15) is 24.5 Å². The van der Waals surface area contributed by atoms with Crippen molar-refractivity contribution in [2.45, 2.75) is 25.0 Å². The number of aliphatic hydroxyl groups is 1. The molecule has 0 aliphatic carbocycles. The van der Waals surface area contributed by atoms with Crippen LogP contribution in [-0.4, -0.2) is 41.2 Å². The Morgan fingerprint density at radius 1 is 1.40 bits per heavy atom. The maximum atomic E-state index is 11.2. The largest absolute Gasteiger partial charge is 0.497 e. The van der Waals surface area contributed by atoms with Gasteiger partial charge in [-0.1, -0.05) is 6.08 Å². The molecule has 1 aromatic heterocycles. The highest BCUT2D eigenvalue weighted by atomic mass is 127. The van der Waals surface area contributed by atoms with Crippen molar-refractivity contribution in [1.82, 2.24) is 9.88 Å². The Morgan fingerprint density at radius 3 is 2.92 bits per heavy atom. The standard InChI is InChI=1S/C20H24N2O2.HI/c1-3-13-12-22-9-7-14(13)10-19(22)20(23)16-6-8-21-18-5-4-15(24-2)11-17(16)18;/h3-6,8,11,13-14,19-20,23H,1,7,9-10,12H2,2H3;1H/t13-,14-,19-,20+;/m0./s1. The number of fused-ring (bicyclic) bond motifs is 4. The minimum Gasteiger partial charge on any atom is -0.497 e. The van der Waals surface area contributed by atoms with Crippen molar-refractivity contribution in [3.63, 3.8) is 0 Å². The molecule has 25 heavy (non-hydrogen) atoms. The third-order valence-electron chi connectivity index (χ3n) is 5.82. The Balaban J connectivity index is 0.00000182. The number of nitrogens with zero attached hydrogens (tertiary/aromatic N) is 2. The molecular weight excluding hydrogens is 427 g/mol. The molecule has 3 aliphatic rings. The molecule has 1 aromatic carbocycles. The summed E-state index contributed by atoms with van der Waals surface area (Å²) in [5.41, 5.74) is 1.85. The number of ether oxygens (including phenoxy) is 1. The van der Waals surface area contributed by atoms with Gasteiger partial charge in [0.2, 0.25) is 0 Å². The van der Waals surface area contributed by atoms with Gasteiger partial charge in [0.15, 0.2) is 0 Å². The lowest BCUT2D eigenvalue weighted by molar-refractivity contribution is -0.0444. The topological polar surface area (TPSA) is 45.6 Å². The summed E-state index contributed by atoms with van der Waals surface area (Å²) in [4.78, 5) is 6.86. The molecule has 0 saturated carbocycles. The minimum atomic E-state index is -0.504. The lowest BCUT2D eigenvalue weighted by Gasteiger charge is -2.50. The van der Waals surface area contributed by atoms with E-state index in [1.54, 1.807) is 13.3 Å². The molecule has 3 aliphatic heterocycles. The number of hydrogen-bond donors (Lipinski definition) is 1. The SMILES string of the molecule is C=C[C@H]1CN2CC[C@H]1C[C@H]2[C@H](O)c1ccnc2ccc(OC)cc12.I. The first-order chi connectivity index (χ1) is 11.7. The van der Waals surface area contributed by atoms with Crippen LogP contribution in [0.3, 0.4) is 0 Å². The van der Waals surface area contributed by atoms with Crippen molar-refractivity contribution in [2.24, 2.45) is 11.8 Å². The zero-order chi connectivity index (χ0) is 16.7. The van der Waals surface area contributed by atoms with Gasteiger partial charge >= 0.3 is 0 Å². The molecule has 2 bridgehead atoms. The predicted molar refractivity (Wildman–Crippen MR) is 110 cm³/mol.